The Balaban J connectivity index is 2.76. The fourth-order valence-corrected chi connectivity index (χ4v) is 2.28. The molecule has 5 nitrogen and oxygen atoms in total. The molecule has 0 aromatic heterocycles. The van der Waals surface area contributed by atoms with Crippen molar-refractivity contribution in [1.29, 1.82) is 0 Å². The Morgan fingerprint density at radius 2 is 1.72 bits per heavy atom. The van der Waals surface area contributed by atoms with Crippen molar-refractivity contribution in [3.8, 4) is 0 Å². The van der Waals surface area contributed by atoms with Crippen molar-refractivity contribution >= 4 is 12.1 Å². The molecule has 0 atom stereocenters. The minimum Gasteiger partial charge on any atom is -0.481 e. The summed E-state index contributed by atoms with van der Waals surface area (Å²) < 4.78 is 5.62. The SMILES string of the molecule is CC(C)(C)OC(=O)[N+]1(CCC(=O)O)CCCCC1. The third-order valence-corrected chi connectivity index (χ3v) is 3.21. The molecule has 18 heavy (non-hydrogen) atoms. The summed E-state index contributed by atoms with van der Waals surface area (Å²) in [5.74, 6) is -0.860. The number of amides is 1. The van der Waals surface area contributed by atoms with Gasteiger partial charge in [0.05, 0.1) is 26.1 Å². The van der Waals surface area contributed by atoms with Gasteiger partial charge in [0.25, 0.3) is 0 Å². The van der Waals surface area contributed by atoms with Crippen LogP contribution in [-0.4, -0.2) is 46.9 Å². The third kappa shape index (κ3) is 4.29. The summed E-state index contributed by atoms with van der Waals surface area (Å²) in [6, 6.07) is 0. The largest absolute Gasteiger partial charge is 0.516 e. The van der Waals surface area contributed by atoms with Crippen LogP contribution in [0.2, 0.25) is 0 Å². The van der Waals surface area contributed by atoms with Crippen molar-refractivity contribution < 1.29 is 23.9 Å². The first-order valence-corrected chi connectivity index (χ1v) is 6.57. The van der Waals surface area contributed by atoms with E-state index in [9.17, 15) is 9.59 Å². The van der Waals surface area contributed by atoms with Crippen LogP contribution in [0.4, 0.5) is 4.79 Å². The highest BCUT2D eigenvalue weighted by molar-refractivity contribution is 5.67. The lowest BCUT2D eigenvalue weighted by Gasteiger charge is -2.38. The molecule has 0 aromatic rings. The van der Waals surface area contributed by atoms with Gasteiger partial charge in [-0.25, -0.2) is 4.48 Å². The fourth-order valence-electron chi connectivity index (χ4n) is 2.28. The second-order valence-electron chi connectivity index (χ2n) is 6.00. The van der Waals surface area contributed by atoms with Gasteiger partial charge >= 0.3 is 12.1 Å². The van der Waals surface area contributed by atoms with Crippen LogP contribution in [0.5, 0.6) is 0 Å². The van der Waals surface area contributed by atoms with Gasteiger partial charge < -0.3 is 9.84 Å². The van der Waals surface area contributed by atoms with E-state index < -0.39 is 11.6 Å². The van der Waals surface area contributed by atoms with E-state index in [1.54, 1.807) is 0 Å². The smallest absolute Gasteiger partial charge is 0.481 e. The summed E-state index contributed by atoms with van der Waals surface area (Å²) in [5.41, 5.74) is -0.525. The molecule has 1 aliphatic rings. The van der Waals surface area contributed by atoms with E-state index in [1.807, 2.05) is 20.8 Å². The minimum absolute atomic E-state index is 0.0131. The standard InChI is InChI=1S/C13H23NO4/c1-13(2,3)18-12(17)14(10-7-11(15)16)8-5-4-6-9-14/h4-10H2,1-3H3/p+1. The number of likely N-dealkylation sites (tertiary alicyclic amines) is 1. The number of carboxylic acid groups (broad SMARTS) is 1. The Bertz CT molecular complexity index is 313. The Labute approximate surface area is 108 Å². The molecule has 0 saturated carbocycles. The fraction of sp³-hybridized carbons (Fsp3) is 0.846. The van der Waals surface area contributed by atoms with Crippen molar-refractivity contribution in [2.75, 3.05) is 19.6 Å². The molecule has 0 bridgehead atoms. The first-order chi connectivity index (χ1) is 8.25. The quantitative estimate of drug-likeness (QED) is 0.789. The van der Waals surface area contributed by atoms with Gasteiger partial charge in [-0.05, 0) is 40.0 Å². The molecule has 0 aromatic carbocycles. The molecule has 1 rings (SSSR count). The maximum Gasteiger partial charge on any atom is 0.516 e. The van der Waals surface area contributed by atoms with E-state index in [0.29, 0.717) is 19.6 Å². The van der Waals surface area contributed by atoms with Gasteiger partial charge in [0.1, 0.15) is 5.60 Å². The molecule has 1 saturated heterocycles. The summed E-state index contributed by atoms with van der Waals surface area (Å²) in [5, 5.41) is 8.81. The van der Waals surface area contributed by atoms with Gasteiger partial charge in [-0.15, -0.1) is 0 Å². The number of aliphatic carboxylic acids is 1. The predicted octanol–water partition coefficient (Wildman–Crippen LogP) is 2.40. The minimum atomic E-state index is -0.860. The topological polar surface area (TPSA) is 63.6 Å². The maximum atomic E-state index is 12.3. The van der Waals surface area contributed by atoms with Gasteiger partial charge in [0, 0.05) is 0 Å². The molecule has 0 spiro atoms. The van der Waals surface area contributed by atoms with Crippen molar-refractivity contribution in [2.45, 2.75) is 52.1 Å². The predicted molar refractivity (Wildman–Crippen MR) is 67.2 cm³/mol. The number of carboxylic acids is 1. The second-order valence-corrected chi connectivity index (χ2v) is 6.00. The number of quaternary nitrogens is 1. The molecule has 1 aliphatic heterocycles. The number of hydrogen-bond donors (Lipinski definition) is 1. The lowest BCUT2D eigenvalue weighted by atomic mass is 10.1. The Morgan fingerprint density at radius 1 is 1.17 bits per heavy atom. The Kier molecular flexibility index (Phi) is 4.73. The van der Waals surface area contributed by atoms with Crippen molar-refractivity contribution in [2.24, 2.45) is 0 Å². The average molecular weight is 258 g/mol. The molecule has 104 valence electrons. The monoisotopic (exact) mass is 258 g/mol. The highest BCUT2D eigenvalue weighted by Gasteiger charge is 2.42. The number of ether oxygens (including phenoxy) is 1. The van der Waals surface area contributed by atoms with Crippen LogP contribution < -0.4 is 0 Å². The first-order valence-electron chi connectivity index (χ1n) is 6.57. The summed E-state index contributed by atoms with van der Waals surface area (Å²) in [7, 11) is 0. The zero-order valence-corrected chi connectivity index (χ0v) is 11.6. The first kappa shape index (κ1) is 15.0. The van der Waals surface area contributed by atoms with E-state index in [4.69, 9.17) is 9.84 Å². The lowest BCUT2D eigenvalue weighted by Crippen LogP contribution is -2.58. The number of piperidine rings is 1. The summed E-state index contributed by atoms with van der Waals surface area (Å²) in [4.78, 5) is 23.0. The van der Waals surface area contributed by atoms with Crippen LogP contribution >= 0.6 is 0 Å². The van der Waals surface area contributed by atoms with Gasteiger partial charge in [0.15, 0.2) is 0 Å². The maximum absolute atomic E-state index is 12.3. The highest BCUT2D eigenvalue weighted by atomic mass is 16.6. The van der Waals surface area contributed by atoms with Crippen molar-refractivity contribution in [1.82, 2.24) is 0 Å². The van der Waals surface area contributed by atoms with Gasteiger partial charge in [-0.1, -0.05) is 0 Å². The Hall–Kier alpha value is -1.10. The van der Waals surface area contributed by atoms with E-state index in [-0.39, 0.29) is 17.0 Å². The lowest BCUT2D eigenvalue weighted by molar-refractivity contribution is -0.863. The molecule has 1 heterocycles. The molecular formula is C13H24NO4+. The molecule has 0 unspecified atom stereocenters. The van der Waals surface area contributed by atoms with Crippen molar-refractivity contribution in [3.05, 3.63) is 0 Å². The molecule has 0 radical (unpaired) electrons. The van der Waals surface area contributed by atoms with Crippen LogP contribution in [0, 0.1) is 0 Å². The van der Waals surface area contributed by atoms with Crippen LogP contribution in [0.15, 0.2) is 0 Å². The van der Waals surface area contributed by atoms with Crippen LogP contribution in [0.25, 0.3) is 0 Å². The number of hydrogen-bond acceptors (Lipinski definition) is 3. The molecule has 1 fully saturated rings. The highest BCUT2D eigenvalue weighted by Crippen LogP contribution is 2.23. The molecular weight excluding hydrogens is 234 g/mol. The molecule has 5 heteroatoms. The normalized spacial score (nSPS) is 19.3. The summed E-state index contributed by atoms with van der Waals surface area (Å²) >= 11 is 0. The van der Waals surface area contributed by atoms with E-state index in [1.165, 1.54) is 0 Å². The Morgan fingerprint density at radius 3 is 2.17 bits per heavy atom. The number of nitrogens with zero attached hydrogens (tertiary/aromatic N) is 1. The van der Waals surface area contributed by atoms with Crippen LogP contribution in [-0.2, 0) is 9.53 Å². The second kappa shape index (κ2) is 5.69. The number of rotatable bonds is 3. The molecule has 1 N–H and O–H groups in total. The number of carbonyl (C=O) groups is 2. The summed E-state index contributed by atoms with van der Waals surface area (Å²) in [6.45, 7) is 7.24. The zero-order valence-electron chi connectivity index (χ0n) is 11.6. The molecule has 0 aliphatic carbocycles. The van der Waals surface area contributed by atoms with E-state index in [0.717, 1.165) is 19.3 Å². The third-order valence-electron chi connectivity index (χ3n) is 3.21. The van der Waals surface area contributed by atoms with E-state index >= 15 is 0 Å². The average Bonchev–Trinajstić information content (AvgIpc) is 2.25. The van der Waals surface area contributed by atoms with Gasteiger partial charge in [-0.2, -0.15) is 4.79 Å². The van der Waals surface area contributed by atoms with Gasteiger partial charge in [-0.3, -0.25) is 4.79 Å². The van der Waals surface area contributed by atoms with Gasteiger partial charge in [0.2, 0.25) is 0 Å². The van der Waals surface area contributed by atoms with Crippen LogP contribution in [0.3, 0.4) is 0 Å². The van der Waals surface area contributed by atoms with Crippen molar-refractivity contribution in [3.63, 3.8) is 0 Å². The zero-order chi connectivity index (χ0) is 13.8. The van der Waals surface area contributed by atoms with E-state index in [2.05, 4.69) is 0 Å². The summed E-state index contributed by atoms with van der Waals surface area (Å²) in [6.07, 6.45) is 2.76. The molecule has 1 amide bonds. The number of carbonyl (C=O) groups excluding carboxylic acids is 1. The van der Waals surface area contributed by atoms with Crippen LogP contribution in [0.1, 0.15) is 46.5 Å².